The van der Waals surface area contributed by atoms with Crippen molar-refractivity contribution >= 4 is 28.5 Å². The van der Waals surface area contributed by atoms with Crippen LogP contribution in [0, 0.1) is 5.82 Å². The fourth-order valence-corrected chi connectivity index (χ4v) is 4.18. The van der Waals surface area contributed by atoms with Gasteiger partial charge in [-0.1, -0.05) is 54.6 Å². The van der Waals surface area contributed by atoms with Crippen molar-refractivity contribution in [1.29, 1.82) is 0 Å². The van der Waals surface area contributed by atoms with Crippen molar-refractivity contribution in [1.82, 2.24) is 20.3 Å². The summed E-state index contributed by atoms with van der Waals surface area (Å²) in [5, 5.41) is 11.3. The number of hydrogen-bond donors (Lipinski definition) is 1. The van der Waals surface area contributed by atoms with Gasteiger partial charge in [-0.05, 0) is 57.5 Å². The molecule has 0 bridgehead atoms. The van der Waals surface area contributed by atoms with Gasteiger partial charge in [0.2, 0.25) is 11.8 Å². The molecule has 0 spiro atoms. The van der Waals surface area contributed by atoms with E-state index in [1.54, 1.807) is 42.5 Å². The molecule has 4 rings (SSSR count). The first-order valence-electron chi connectivity index (χ1n) is 12.6. The monoisotopic (exact) mass is 517 g/mol. The Morgan fingerprint density at radius 1 is 1.03 bits per heavy atom. The summed E-state index contributed by atoms with van der Waals surface area (Å²) in [5.74, 6) is -1.19. The predicted molar refractivity (Wildman–Crippen MR) is 144 cm³/mol. The summed E-state index contributed by atoms with van der Waals surface area (Å²) in [4.78, 5) is 29.3. The minimum Gasteiger partial charge on any atom is -0.493 e. The maximum atomic E-state index is 15.3. The second kappa shape index (κ2) is 11.4. The molecule has 0 saturated carbocycles. The Hall–Kier alpha value is -4.27. The Balaban J connectivity index is 1.88. The van der Waals surface area contributed by atoms with Crippen molar-refractivity contribution in [2.24, 2.45) is 0 Å². The maximum absolute atomic E-state index is 15.3. The molecular weight excluding hydrogens is 485 g/mol. The summed E-state index contributed by atoms with van der Waals surface area (Å²) in [5.41, 5.74) is 1.12. The lowest BCUT2D eigenvalue weighted by molar-refractivity contribution is -0.128. The van der Waals surface area contributed by atoms with Crippen LogP contribution in [0.1, 0.15) is 45.7 Å². The molecular formula is C29H32FN5O3. The van der Waals surface area contributed by atoms with Gasteiger partial charge in [0.05, 0.1) is 17.8 Å². The lowest BCUT2D eigenvalue weighted by Gasteiger charge is -2.35. The number of halogens is 1. The number of aromatic nitrogens is 3. The van der Waals surface area contributed by atoms with E-state index >= 15 is 4.39 Å². The predicted octanol–water partition coefficient (Wildman–Crippen LogP) is 5.05. The minimum absolute atomic E-state index is 0.0253. The van der Waals surface area contributed by atoms with E-state index in [0.29, 0.717) is 35.4 Å². The van der Waals surface area contributed by atoms with Gasteiger partial charge in [-0.25, -0.2) is 9.07 Å². The van der Waals surface area contributed by atoms with Crippen molar-refractivity contribution in [3.63, 3.8) is 0 Å². The molecule has 1 heterocycles. The smallest absolute Gasteiger partial charge is 0.249 e. The van der Waals surface area contributed by atoms with Crippen molar-refractivity contribution in [2.75, 3.05) is 11.5 Å². The molecule has 1 N–H and O–H groups in total. The molecule has 2 amide bonds. The fourth-order valence-electron chi connectivity index (χ4n) is 4.18. The molecule has 8 nitrogen and oxygen atoms in total. The molecule has 3 aromatic carbocycles. The van der Waals surface area contributed by atoms with Crippen LogP contribution in [-0.2, 0) is 16.1 Å². The van der Waals surface area contributed by atoms with Crippen molar-refractivity contribution in [3.8, 4) is 5.75 Å². The highest BCUT2D eigenvalue weighted by Crippen LogP contribution is 2.35. The number of ether oxygens (including phenoxy) is 1. The molecule has 0 unspecified atom stereocenters. The van der Waals surface area contributed by atoms with Gasteiger partial charge in [-0.2, -0.15) is 0 Å². The molecule has 38 heavy (non-hydrogen) atoms. The van der Waals surface area contributed by atoms with Gasteiger partial charge in [-0.15, -0.1) is 5.10 Å². The molecule has 0 saturated heterocycles. The lowest BCUT2D eigenvalue weighted by atomic mass is 9.97. The fraction of sp³-hybridized carbons (Fsp3) is 0.310. The number of amides is 2. The number of rotatable bonds is 10. The minimum atomic E-state index is -1.22. The number of carbonyl (C=O) groups is 2. The average Bonchev–Trinajstić information content (AvgIpc) is 3.31. The molecule has 0 aliphatic carbocycles. The second-order valence-corrected chi connectivity index (χ2v) is 9.55. The quantitative estimate of drug-likeness (QED) is 0.318. The highest BCUT2D eigenvalue weighted by molar-refractivity contribution is 6.02. The van der Waals surface area contributed by atoms with Crippen LogP contribution in [0.25, 0.3) is 11.0 Å². The number of hydrogen-bond acceptors (Lipinski definition) is 5. The molecule has 0 fully saturated rings. The normalized spacial score (nSPS) is 12.2. The molecule has 9 heteroatoms. The largest absolute Gasteiger partial charge is 0.493 e. The van der Waals surface area contributed by atoms with Crippen molar-refractivity contribution in [3.05, 3.63) is 84.2 Å². The third-order valence-electron chi connectivity index (χ3n) is 6.45. The molecule has 198 valence electrons. The number of benzene rings is 3. The van der Waals surface area contributed by atoms with E-state index in [2.05, 4.69) is 15.6 Å². The number of carbonyl (C=O) groups excluding carboxylic acids is 2. The van der Waals surface area contributed by atoms with Gasteiger partial charge < -0.3 is 10.1 Å². The third kappa shape index (κ3) is 5.66. The average molecular weight is 518 g/mol. The summed E-state index contributed by atoms with van der Waals surface area (Å²) >= 11 is 0. The van der Waals surface area contributed by atoms with Gasteiger partial charge in [0.1, 0.15) is 29.7 Å². The molecule has 0 radical (unpaired) electrons. The zero-order chi connectivity index (χ0) is 27.3. The van der Waals surface area contributed by atoms with Crippen LogP contribution in [0.5, 0.6) is 5.75 Å². The van der Waals surface area contributed by atoms with Crippen molar-refractivity contribution in [2.45, 2.75) is 52.2 Å². The van der Waals surface area contributed by atoms with E-state index in [9.17, 15) is 9.59 Å². The summed E-state index contributed by atoms with van der Waals surface area (Å²) < 4.78 is 22.6. The Morgan fingerprint density at radius 3 is 2.45 bits per heavy atom. The second-order valence-electron chi connectivity index (χ2n) is 9.55. The number of nitrogens with one attached hydrogen (secondary N) is 1. The summed E-state index contributed by atoms with van der Waals surface area (Å²) in [6.45, 7) is 7.68. The Labute approximate surface area is 221 Å². The van der Waals surface area contributed by atoms with Crippen molar-refractivity contribution < 1.29 is 18.7 Å². The molecule has 4 aromatic rings. The van der Waals surface area contributed by atoms with Crippen LogP contribution < -0.4 is 15.0 Å². The summed E-state index contributed by atoms with van der Waals surface area (Å²) in [6, 6.07) is 18.9. The van der Waals surface area contributed by atoms with Crippen LogP contribution >= 0.6 is 0 Å². The first-order valence-corrected chi connectivity index (χ1v) is 12.6. The molecule has 1 aromatic heterocycles. The van der Waals surface area contributed by atoms with Gasteiger partial charge >= 0.3 is 0 Å². The highest BCUT2D eigenvalue weighted by atomic mass is 19.1. The van der Waals surface area contributed by atoms with Crippen LogP contribution in [-0.4, -0.2) is 39.0 Å². The molecule has 0 aliphatic rings. The standard InChI is InChI=1S/C29H32FN5O3/c1-5-29(3,4)31-28(37)27(20-13-7-12-18-25(20)38-6-2)35(23-16-10-8-14-21(23)30)26(36)19-34-24-17-11-9-15-22(24)32-33-34/h7-18,27H,5-6,19H2,1-4H3,(H,31,37)/t27-/m1/s1. The van der Waals surface area contributed by atoms with E-state index in [-0.39, 0.29) is 12.2 Å². The van der Waals surface area contributed by atoms with E-state index in [1.807, 2.05) is 39.8 Å². The topological polar surface area (TPSA) is 89.4 Å². The zero-order valence-electron chi connectivity index (χ0n) is 22.0. The maximum Gasteiger partial charge on any atom is 0.249 e. The molecule has 0 aliphatic heterocycles. The van der Waals surface area contributed by atoms with Gasteiger partial charge in [0, 0.05) is 11.1 Å². The van der Waals surface area contributed by atoms with Gasteiger partial charge in [0.25, 0.3) is 0 Å². The highest BCUT2D eigenvalue weighted by Gasteiger charge is 2.38. The van der Waals surface area contributed by atoms with Crippen LogP contribution in [0.15, 0.2) is 72.8 Å². The number of anilines is 1. The van der Waals surface area contributed by atoms with E-state index < -0.39 is 29.2 Å². The van der Waals surface area contributed by atoms with Gasteiger partial charge in [0.15, 0.2) is 0 Å². The third-order valence-corrected chi connectivity index (χ3v) is 6.45. The first kappa shape index (κ1) is 26.8. The molecule has 1 atom stereocenters. The van der Waals surface area contributed by atoms with E-state index in [0.717, 1.165) is 0 Å². The van der Waals surface area contributed by atoms with E-state index in [1.165, 1.54) is 27.8 Å². The number of para-hydroxylation sites is 3. The Kier molecular flexibility index (Phi) is 8.05. The van der Waals surface area contributed by atoms with Crippen LogP contribution in [0.3, 0.4) is 0 Å². The summed E-state index contributed by atoms with van der Waals surface area (Å²) in [7, 11) is 0. The van der Waals surface area contributed by atoms with Crippen LogP contribution in [0.2, 0.25) is 0 Å². The number of nitrogens with zero attached hydrogens (tertiary/aromatic N) is 4. The summed E-state index contributed by atoms with van der Waals surface area (Å²) in [6.07, 6.45) is 0.650. The Morgan fingerprint density at radius 2 is 1.71 bits per heavy atom. The lowest BCUT2D eigenvalue weighted by Crippen LogP contribution is -2.51. The van der Waals surface area contributed by atoms with E-state index in [4.69, 9.17) is 4.74 Å². The first-order chi connectivity index (χ1) is 18.3. The number of fused-ring (bicyclic) bond motifs is 1. The SMILES string of the molecule is CCOc1ccccc1[C@H](C(=O)NC(C)(C)CC)N(C(=O)Cn1nnc2ccccc21)c1ccccc1F. The van der Waals surface area contributed by atoms with Gasteiger partial charge in [-0.3, -0.25) is 14.5 Å². The zero-order valence-corrected chi connectivity index (χ0v) is 22.0. The Bertz CT molecular complexity index is 1430. The van der Waals surface area contributed by atoms with Crippen LogP contribution in [0.4, 0.5) is 10.1 Å².